The Balaban J connectivity index is 1.87. The Morgan fingerprint density at radius 1 is 1.19 bits per heavy atom. The summed E-state index contributed by atoms with van der Waals surface area (Å²) in [5.41, 5.74) is 0. The average Bonchev–Trinajstić information content (AvgIpc) is 3.17. The van der Waals surface area contributed by atoms with E-state index in [1.807, 2.05) is 0 Å². The molecule has 1 aliphatic heterocycles. The van der Waals surface area contributed by atoms with Crippen LogP contribution in [0.5, 0.6) is 0 Å². The Morgan fingerprint density at radius 3 is 2.52 bits per heavy atom. The minimum atomic E-state index is -1.46. The summed E-state index contributed by atoms with van der Waals surface area (Å²) in [6, 6.07) is 1.15. The van der Waals surface area contributed by atoms with Gasteiger partial charge in [0.2, 0.25) is 0 Å². The summed E-state index contributed by atoms with van der Waals surface area (Å²) in [6.07, 6.45) is 1.10. The van der Waals surface area contributed by atoms with Gasteiger partial charge in [0.05, 0.1) is 13.2 Å². The van der Waals surface area contributed by atoms with Gasteiger partial charge in [0, 0.05) is 32.7 Å². The number of ether oxygens (including phenoxy) is 2. The zero-order valence-corrected chi connectivity index (χ0v) is 16.3. The SMILES string of the molecule is C[SiH](C)O[Si](C)(C)CCCOCCOC(O)CCN1CC1. The van der Waals surface area contributed by atoms with Crippen molar-refractivity contribution in [1.29, 1.82) is 0 Å². The normalized spacial score (nSPS) is 17.4. The first-order valence-corrected chi connectivity index (χ1v) is 14.1. The van der Waals surface area contributed by atoms with Gasteiger partial charge in [-0.05, 0) is 38.7 Å². The Labute approximate surface area is 132 Å². The number of rotatable bonds is 13. The van der Waals surface area contributed by atoms with Crippen LogP contribution in [0.2, 0.25) is 32.2 Å². The minimum absolute atomic E-state index is 0.470. The molecule has 0 saturated carbocycles. The lowest BCUT2D eigenvalue weighted by molar-refractivity contribution is -0.116. The Kier molecular flexibility index (Phi) is 9.27. The van der Waals surface area contributed by atoms with E-state index in [0.29, 0.717) is 19.6 Å². The van der Waals surface area contributed by atoms with Crippen LogP contribution in [-0.2, 0) is 13.6 Å². The topological polar surface area (TPSA) is 50.9 Å². The number of aliphatic hydroxyl groups excluding tert-OH is 1. The third-order valence-corrected chi connectivity index (χ3v) is 9.39. The van der Waals surface area contributed by atoms with Crippen molar-refractivity contribution in [1.82, 2.24) is 4.90 Å². The molecule has 0 aromatic heterocycles. The van der Waals surface area contributed by atoms with Gasteiger partial charge < -0.3 is 23.6 Å². The van der Waals surface area contributed by atoms with E-state index in [2.05, 4.69) is 31.1 Å². The number of hydrogen-bond acceptors (Lipinski definition) is 5. The van der Waals surface area contributed by atoms with Gasteiger partial charge >= 0.3 is 0 Å². The van der Waals surface area contributed by atoms with Crippen molar-refractivity contribution in [3.8, 4) is 0 Å². The molecule has 1 aliphatic rings. The lowest BCUT2D eigenvalue weighted by atomic mass is 10.4. The summed E-state index contributed by atoms with van der Waals surface area (Å²) in [4.78, 5) is 2.27. The molecule has 1 atom stereocenters. The van der Waals surface area contributed by atoms with Gasteiger partial charge in [-0.3, -0.25) is 0 Å². The molecule has 0 radical (unpaired) electrons. The van der Waals surface area contributed by atoms with Crippen molar-refractivity contribution >= 4 is 17.4 Å². The molecular weight excluding hydrogens is 302 g/mol. The predicted octanol–water partition coefficient (Wildman–Crippen LogP) is 1.64. The Morgan fingerprint density at radius 2 is 1.90 bits per heavy atom. The molecule has 1 heterocycles. The fraction of sp³-hybridized carbons (Fsp3) is 1.00. The van der Waals surface area contributed by atoms with E-state index in [4.69, 9.17) is 13.6 Å². The van der Waals surface area contributed by atoms with E-state index in [-0.39, 0.29) is 0 Å². The molecule has 0 amide bonds. The van der Waals surface area contributed by atoms with Crippen molar-refractivity contribution in [3.05, 3.63) is 0 Å². The van der Waals surface area contributed by atoms with Crippen molar-refractivity contribution in [2.75, 3.05) is 39.5 Å². The van der Waals surface area contributed by atoms with Crippen LogP contribution in [0.15, 0.2) is 0 Å². The quantitative estimate of drug-likeness (QED) is 0.240. The molecule has 5 nitrogen and oxygen atoms in total. The van der Waals surface area contributed by atoms with E-state index in [1.54, 1.807) is 0 Å². The van der Waals surface area contributed by atoms with Crippen LogP contribution >= 0.6 is 0 Å². The second-order valence-electron chi connectivity index (χ2n) is 6.60. The highest BCUT2D eigenvalue weighted by Crippen LogP contribution is 2.15. The molecule has 1 unspecified atom stereocenters. The van der Waals surface area contributed by atoms with Gasteiger partial charge in [0.25, 0.3) is 0 Å². The highest BCUT2D eigenvalue weighted by Gasteiger charge is 2.22. The third kappa shape index (κ3) is 11.5. The van der Waals surface area contributed by atoms with Crippen molar-refractivity contribution in [3.63, 3.8) is 0 Å². The Hall–Kier alpha value is 0.234. The molecule has 0 aromatic rings. The first kappa shape index (κ1) is 19.3. The smallest absolute Gasteiger partial charge is 0.173 e. The maximum absolute atomic E-state index is 9.61. The Bertz CT molecular complexity index is 276. The molecule has 0 spiro atoms. The molecular formula is C14H33NO4Si2. The maximum atomic E-state index is 9.61. The average molecular weight is 336 g/mol. The van der Waals surface area contributed by atoms with Crippen LogP contribution in [0.25, 0.3) is 0 Å². The first-order valence-electron chi connectivity index (χ1n) is 8.16. The first-order chi connectivity index (χ1) is 9.89. The standard InChI is InChI=1S/C14H33NO4Si2/c1-20(2)19-21(3,4)13-5-10-17-11-12-18-14(16)6-7-15-8-9-15/h14,16,20H,5-13H2,1-4H3. The zero-order chi connectivity index (χ0) is 15.7. The molecule has 0 aromatic carbocycles. The fourth-order valence-electron chi connectivity index (χ4n) is 2.31. The van der Waals surface area contributed by atoms with Crippen LogP contribution in [0.4, 0.5) is 0 Å². The third-order valence-electron chi connectivity index (χ3n) is 3.39. The van der Waals surface area contributed by atoms with E-state index >= 15 is 0 Å². The van der Waals surface area contributed by atoms with E-state index in [0.717, 1.165) is 25.6 Å². The fourth-order valence-corrected chi connectivity index (χ4v) is 8.88. The molecule has 0 aliphatic carbocycles. The predicted molar refractivity (Wildman–Crippen MR) is 90.7 cm³/mol. The molecule has 1 rings (SSSR count). The van der Waals surface area contributed by atoms with Gasteiger partial charge in [0.1, 0.15) is 0 Å². The van der Waals surface area contributed by atoms with Gasteiger partial charge in [-0.25, -0.2) is 0 Å². The molecule has 0 bridgehead atoms. The van der Waals surface area contributed by atoms with Gasteiger partial charge in [0.15, 0.2) is 23.6 Å². The van der Waals surface area contributed by atoms with E-state index < -0.39 is 23.6 Å². The zero-order valence-electron chi connectivity index (χ0n) is 14.1. The van der Waals surface area contributed by atoms with E-state index in [1.165, 1.54) is 13.1 Å². The molecule has 1 fully saturated rings. The van der Waals surface area contributed by atoms with Crippen LogP contribution in [0.3, 0.4) is 0 Å². The monoisotopic (exact) mass is 335 g/mol. The summed E-state index contributed by atoms with van der Waals surface area (Å²) in [6.45, 7) is 14.1. The summed E-state index contributed by atoms with van der Waals surface area (Å²) in [5.74, 6) is 0. The summed E-state index contributed by atoms with van der Waals surface area (Å²) < 4.78 is 17.0. The van der Waals surface area contributed by atoms with Crippen LogP contribution in [0.1, 0.15) is 12.8 Å². The summed E-state index contributed by atoms with van der Waals surface area (Å²) in [5, 5.41) is 9.61. The highest BCUT2D eigenvalue weighted by atomic mass is 28.4. The maximum Gasteiger partial charge on any atom is 0.173 e. The number of aliphatic hydroxyl groups is 1. The summed E-state index contributed by atoms with van der Waals surface area (Å²) >= 11 is 0. The molecule has 21 heavy (non-hydrogen) atoms. The second kappa shape index (κ2) is 10.1. The molecule has 126 valence electrons. The lowest BCUT2D eigenvalue weighted by Gasteiger charge is -2.25. The van der Waals surface area contributed by atoms with Crippen molar-refractivity contribution in [2.45, 2.75) is 51.4 Å². The van der Waals surface area contributed by atoms with Crippen molar-refractivity contribution in [2.24, 2.45) is 0 Å². The van der Waals surface area contributed by atoms with Crippen LogP contribution in [-0.4, -0.2) is 73.1 Å². The number of hydrogen-bond donors (Lipinski definition) is 1. The largest absolute Gasteiger partial charge is 0.458 e. The summed E-state index contributed by atoms with van der Waals surface area (Å²) in [7, 11) is -2.38. The van der Waals surface area contributed by atoms with Crippen LogP contribution < -0.4 is 0 Å². The lowest BCUT2D eigenvalue weighted by Crippen LogP contribution is -2.35. The molecule has 1 saturated heterocycles. The van der Waals surface area contributed by atoms with Gasteiger partial charge in [-0.2, -0.15) is 0 Å². The highest BCUT2D eigenvalue weighted by molar-refractivity contribution is 6.77. The van der Waals surface area contributed by atoms with Gasteiger partial charge in [-0.1, -0.05) is 0 Å². The van der Waals surface area contributed by atoms with E-state index in [9.17, 15) is 5.11 Å². The molecule has 7 heteroatoms. The van der Waals surface area contributed by atoms with Crippen LogP contribution in [0, 0.1) is 0 Å². The van der Waals surface area contributed by atoms with Gasteiger partial charge in [-0.15, -0.1) is 0 Å². The second-order valence-corrected chi connectivity index (χ2v) is 13.7. The minimum Gasteiger partial charge on any atom is -0.458 e. The number of nitrogens with zero attached hydrogens (tertiary/aromatic N) is 1. The molecule has 1 N–H and O–H groups in total. The van der Waals surface area contributed by atoms with Crippen molar-refractivity contribution < 1.29 is 18.7 Å².